The molecule has 1 amide bonds. The first kappa shape index (κ1) is 15.6. The van der Waals surface area contributed by atoms with Crippen LogP contribution in [0, 0.1) is 11.6 Å². The van der Waals surface area contributed by atoms with Gasteiger partial charge in [-0.25, -0.2) is 8.78 Å². The van der Waals surface area contributed by atoms with Crippen LogP contribution in [0.5, 0.6) is 0 Å². The fourth-order valence-corrected chi connectivity index (χ4v) is 2.91. The molecule has 2 unspecified atom stereocenters. The Kier molecular flexibility index (Phi) is 4.38. The van der Waals surface area contributed by atoms with Crippen LogP contribution in [0.1, 0.15) is 36.0 Å². The monoisotopic (exact) mass is 321 g/mol. The summed E-state index contributed by atoms with van der Waals surface area (Å²) in [7, 11) is 0. The molecule has 1 heterocycles. The maximum atomic E-state index is 13.9. The number of nitrogens with one attached hydrogen (secondary N) is 2. The van der Waals surface area contributed by atoms with Crippen LogP contribution in [-0.4, -0.2) is 33.4 Å². The second-order valence-electron chi connectivity index (χ2n) is 5.69. The summed E-state index contributed by atoms with van der Waals surface area (Å²) in [4.78, 5) is 12.4. The number of aromatic nitrogens is 2. The van der Waals surface area contributed by atoms with Crippen LogP contribution in [0.15, 0.2) is 24.4 Å². The Balaban J connectivity index is 1.87. The lowest BCUT2D eigenvalue weighted by Crippen LogP contribution is -2.45. The van der Waals surface area contributed by atoms with Gasteiger partial charge in [0.05, 0.1) is 35.2 Å². The van der Waals surface area contributed by atoms with Crippen molar-refractivity contribution in [2.45, 2.75) is 37.8 Å². The molecule has 0 bridgehead atoms. The van der Waals surface area contributed by atoms with Crippen molar-refractivity contribution in [3.63, 3.8) is 0 Å². The molecule has 7 heteroatoms. The number of halogens is 2. The van der Waals surface area contributed by atoms with E-state index in [1.807, 2.05) is 0 Å². The zero-order valence-corrected chi connectivity index (χ0v) is 12.4. The van der Waals surface area contributed by atoms with Gasteiger partial charge in [-0.15, -0.1) is 0 Å². The highest BCUT2D eigenvalue weighted by Crippen LogP contribution is 2.27. The van der Waals surface area contributed by atoms with E-state index in [2.05, 4.69) is 15.5 Å². The lowest BCUT2D eigenvalue weighted by atomic mass is 9.92. The molecule has 1 saturated carbocycles. The lowest BCUT2D eigenvalue weighted by Gasteiger charge is -2.28. The number of carbonyl (C=O) groups excluding carboxylic acids is 1. The maximum Gasteiger partial charge on any atom is 0.255 e. The van der Waals surface area contributed by atoms with Crippen LogP contribution >= 0.6 is 0 Å². The summed E-state index contributed by atoms with van der Waals surface area (Å²) >= 11 is 0. The van der Waals surface area contributed by atoms with Crippen molar-refractivity contribution < 1.29 is 18.7 Å². The molecule has 1 fully saturated rings. The number of benzene rings is 1. The van der Waals surface area contributed by atoms with E-state index < -0.39 is 23.6 Å². The number of amides is 1. The van der Waals surface area contributed by atoms with Gasteiger partial charge >= 0.3 is 0 Å². The molecule has 0 spiro atoms. The molecule has 1 aromatic carbocycles. The van der Waals surface area contributed by atoms with Crippen molar-refractivity contribution in [1.29, 1.82) is 0 Å². The Morgan fingerprint density at radius 3 is 2.65 bits per heavy atom. The van der Waals surface area contributed by atoms with E-state index in [0.29, 0.717) is 12.8 Å². The standard InChI is InChI=1S/C16H17F2N3O2/c17-10-4-3-5-11(18)14(10)15-9(8-19-21-15)16(23)20-12-6-1-2-7-13(12)22/h3-5,8,12-13,22H,1-2,6-7H2,(H,19,21)(H,20,23). The van der Waals surface area contributed by atoms with Crippen LogP contribution < -0.4 is 5.32 Å². The molecule has 5 nitrogen and oxygen atoms in total. The van der Waals surface area contributed by atoms with Gasteiger partial charge in [-0.05, 0) is 25.0 Å². The fraction of sp³-hybridized carbons (Fsp3) is 0.375. The van der Waals surface area contributed by atoms with Gasteiger partial charge in [0.1, 0.15) is 11.6 Å². The molecule has 122 valence electrons. The van der Waals surface area contributed by atoms with Crippen molar-refractivity contribution in [3.05, 3.63) is 41.6 Å². The first-order chi connectivity index (χ1) is 11.1. The average Bonchev–Trinajstić information content (AvgIpc) is 2.99. The van der Waals surface area contributed by atoms with Gasteiger partial charge in [0, 0.05) is 0 Å². The Labute approximate surface area is 131 Å². The first-order valence-corrected chi connectivity index (χ1v) is 7.54. The summed E-state index contributed by atoms with van der Waals surface area (Å²) in [5, 5.41) is 18.9. The van der Waals surface area contributed by atoms with E-state index in [-0.39, 0.29) is 22.9 Å². The molecule has 0 saturated heterocycles. The minimum absolute atomic E-state index is 0.0107. The van der Waals surface area contributed by atoms with E-state index in [1.54, 1.807) is 0 Å². The SMILES string of the molecule is O=C(NC1CCCCC1O)c1cn[nH]c1-c1c(F)cccc1F. The van der Waals surface area contributed by atoms with Crippen molar-refractivity contribution in [2.75, 3.05) is 0 Å². The normalized spacial score (nSPS) is 21.2. The highest BCUT2D eigenvalue weighted by atomic mass is 19.1. The Morgan fingerprint density at radius 1 is 1.26 bits per heavy atom. The van der Waals surface area contributed by atoms with Gasteiger partial charge in [-0.3, -0.25) is 9.89 Å². The van der Waals surface area contributed by atoms with Crippen molar-refractivity contribution in [2.24, 2.45) is 0 Å². The molecule has 1 aliphatic carbocycles. The number of carbonyl (C=O) groups is 1. The van der Waals surface area contributed by atoms with Gasteiger partial charge in [0.25, 0.3) is 5.91 Å². The molecule has 1 aliphatic rings. The van der Waals surface area contributed by atoms with Crippen molar-refractivity contribution >= 4 is 5.91 Å². The second-order valence-corrected chi connectivity index (χ2v) is 5.69. The highest BCUT2D eigenvalue weighted by molar-refractivity contribution is 6.00. The van der Waals surface area contributed by atoms with Crippen molar-refractivity contribution in [1.82, 2.24) is 15.5 Å². The van der Waals surface area contributed by atoms with Gasteiger partial charge in [-0.1, -0.05) is 18.9 Å². The summed E-state index contributed by atoms with van der Waals surface area (Å²) in [6.07, 6.45) is 3.77. The number of hydrogen-bond acceptors (Lipinski definition) is 3. The molecular weight excluding hydrogens is 304 g/mol. The minimum atomic E-state index is -0.777. The van der Waals surface area contributed by atoms with Crippen LogP contribution in [0.3, 0.4) is 0 Å². The van der Waals surface area contributed by atoms with Gasteiger partial charge in [0.15, 0.2) is 0 Å². The Hall–Kier alpha value is -2.28. The number of aliphatic hydroxyl groups excluding tert-OH is 1. The smallest absolute Gasteiger partial charge is 0.255 e. The van der Waals surface area contributed by atoms with E-state index in [4.69, 9.17) is 0 Å². The zero-order valence-electron chi connectivity index (χ0n) is 12.4. The molecule has 3 rings (SSSR count). The fourth-order valence-electron chi connectivity index (χ4n) is 2.91. The number of nitrogens with zero attached hydrogens (tertiary/aromatic N) is 1. The number of H-pyrrole nitrogens is 1. The van der Waals surface area contributed by atoms with E-state index in [9.17, 15) is 18.7 Å². The topological polar surface area (TPSA) is 78.0 Å². The third-order valence-corrected chi connectivity index (χ3v) is 4.14. The van der Waals surface area contributed by atoms with Gasteiger partial charge in [-0.2, -0.15) is 5.10 Å². The molecular formula is C16H17F2N3O2. The molecule has 0 radical (unpaired) electrons. The summed E-state index contributed by atoms with van der Waals surface area (Å²) in [6, 6.07) is 3.13. The maximum absolute atomic E-state index is 13.9. The predicted molar refractivity (Wildman–Crippen MR) is 79.7 cm³/mol. The third kappa shape index (κ3) is 3.10. The van der Waals surface area contributed by atoms with E-state index >= 15 is 0 Å². The molecule has 0 aliphatic heterocycles. The van der Waals surface area contributed by atoms with Gasteiger partial charge < -0.3 is 10.4 Å². The highest BCUT2D eigenvalue weighted by Gasteiger charge is 2.27. The zero-order chi connectivity index (χ0) is 16.4. The average molecular weight is 321 g/mol. The van der Waals surface area contributed by atoms with Crippen LogP contribution in [0.2, 0.25) is 0 Å². The Morgan fingerprint density at radius 2 is 1.96 bits per heavy atom. The van der Waals surface area contributed by atoms with E-state index in [0.717, 1.165) is 25.0 Å². The number of aliphatic hydroxyl groups is 1. The summed E-state index contributed by atoms with van der Waals surface area (Å²) in [6.45, 7) is 0. The Bertz CT molecular complexity index is 697. The molecule has 1 aromatic heterocycles. The van der Waals surface area contributed by atoms with Crippen LogP contribution in [0.4, 0.5) is 8.78 Å². The number of rotatable bonds is 3. The quantitative estimate of drug-likeness (QED) is 0.812. The minimum Gasteiger partial charge on any atom is -0.391 e. The van der Waals surface area contributed by atoms with Crippen LogP contribution in [-0.2, 0) is 0 Å². The third-order valence-electron chi connectivity index (χ3n) is 4.14. The van der Waals surface area contributed by atoms with E-state index in [1.165, 1.54) is 12.3 Å². The molecule has 2 atom stereocenters. The summed E-state index contributed by atoms with van der Waals surface area (Å²) in [5.74, 6) is -2.07. The summed E-state index contributed by atoms with van der Waals surface area (Å²) in [5.41, 5.74) is -0.283. The predicted octanol–water partition coefficient (Wildman–Crippen LogP) is 2.39. The summed E-state index contributed by atoms with van der Waals surface area (Å²) < 4.78 is 27.8. The lowest BCUT2D eigenvalue weighted by molar-refractivity contribution is 0.0718. The van der Waals surface area contributed by atoms with Crippen molar-refractivity contribution in [3.8, 4) is 11.3 Å². The molecule has 2 aromatic rings. The molecule has 3 N–H and O–H groups in total. The second kappa shape index (κ2) is 6.45. The largest absolute Gasteiger partial charge is 0.391 e. The number of hydrogen-bond donors (Lipinski definition) is 3. The van der Waals surface area contributed by atoms with Gasteiger partial charge in [0.2, 0.25) is 0 Å². The first-order valence-electron chi connectivity index (χ1n) is 7.54. The molecule has 23 heavy (non-hydrogen) atoms. The van der Waals surface area contributed by atoms with Crippen LogP contribution in [0.25, 0.3) is 11.3 Å². The number of aromatic amines is 1.